The number of rotatable bonds is 11. The van der Waals surface area contributed by atoms with Crippen LogP contribution < -0.4 is 4.74 Å². The van der Waals surface area contributed by atoms with Crippen LogP contribution in [0.15, 0.2) is 66.7 Å². The van der Waals surface area contributed by atoms with Crippen molar-refractivity contribution in [3.8, 4) is 5.75 Å². The Morgan fingerprint density at radius 3 is 2.30 bits per heavy atom. The summed E-state index contributed by atoms with van der Waals surface area (Å²) in [4.78, 5) is 17.8. The zero-order valence-corrected chi connectivity index (χ0v) is 23.1. The third-order valence-electron chi connectivity index (χ3n) is 7.94. The monoisotopic (exact) mass is 501 g/mol. The molecule has 3 aromatic rings. The first-order chi connectivity index (χ1) is 17.9. The lowest BCUT2D eigenvalue weighted by Gasteiger charge is -2.42. The molecule has 0 N–H and O–H groups in total. The van der Waals surface area contributed by atoms with Crippen molar-refractivity contribution in [2.24, 2.45) is 5.41 Å². The molecule has 198 valence electrons. The van der Waals surface area contributed by atoms with Gasteiger partial charge in [0.15, 0.2) is 0 Å². The lowest BCUT2D eigenvalue weighted by Crippen LogP contribution is -2.45. The average molecular weight is 502 g/mol. The van der Waals surface area contributed by atoms with E-state index in [1.165, 1.54) is 17.0 Å². The highest BCUT2D eigenvalue weighted by atomic mass is 16.5. The summed E-state index contributed by atoms with van der Waals surface area (Å²) < 4.78 is 8.72. The summed E-state index contributed by atoms with van der Waals surface area (Å²) in [5, 5.41) is 0. The average Bonchev–Trinajstić information content (AvgIpc) is 3.17. The largest absolute Gasteiger partial charge is 0.493 e. The van der Waals surface area contributed by atoms with Gasteiger partial charge in [-0.05, 0) is 75.5 Å². The molecule has 2 aromatic carbocycles. The topological polar surface area (TPSA) is 37.7 Å². The van der Waals surface area contributed by atoms with Gasteiger partial charge in [0.25, 0.3) is 0 Å². The number of hydrogen-bond acceptors (Lipinski definition) is 3. The molecular formula is C32H43N3O2. The van der Waals surface area contributed by atoms with Crippen molar-refractivity contribution >= 4 is 5.91 Å². The Kier molecular flexibility index (Phi) is 9.09. The van der Waals surface area contributed by atoms with E-state index in [-0.39, 0.29) is 11.3 Å². The van der Waals surface area contributed by atoms with Crippen molar-refractivity contribution in [2.45, 2.75) is 66.1 Å². The number of aromatic nitrogens is 1. The first-order valence-electron chi connectivity index (χ1n) is 13.7. The Labute approximate surface area is 223 Å². The molecule has 0 aliphatic carbocycles. The number of piperidine rings is 1. The van der Waals surface area contributed by atoms with Crippen LogP contribution >= 0.6 is 0 Å². The van der Waals surface area contributed by atoms with E-state index >= 15 is 0 Å². The lowest BCUT2D eigenvalue weighted by atomic mass is 9.75. The standard InChI is InChI=1S/C32H43N3O2/c1-5-18-35-26(2)21-29(27(35)3)24-34-19-16-32(17-20-34,25-37-30-14-10-7-11-15-30)22-31(36)33(4)23-28-12-8-6-9-13-28/h6-15,21H,5,16-20,22-25H2,1-4H3. The van der Waals surface area contributed by atoms with E-state index in [2.05, 4.69) is 48.4 Å². The minimum atomic E-state index is -0.159. The normalized spacial score (nSPS) is 15.5. The summed E-state index contributed by atoms with van der Waals surface area (Å²) in [6.07, 6.45) is 3.58. The molecule has 5 heteroatoms. The van der Waals surface area contributed by atoms with Crippen LogP contribution in [0.1, 0.15) is 55.1 Å². The number of carbonyl (C=O) groups is 1. The zero-order chi connectivity index (χ0) is 26.3. The Hall–Kier alpha value is -3.05. The number of amides is 1. The second-order valence-electron chi connectivity index (χ2n) is 10.8. The second-order valence-corrected chi connectivity index (χ2v) is 10.8. The van der Waals surface area contributed by atoms with Gasteiger partial charge in [-0.25, -0.2) is 0 Å². The third kappa shape index (κ3) is 7.04. The first kappa shape index (κ1) is 27.0. The highest BCUT2D eigenvalue weighted by Gasteiger charge is 2.38. The van der Waals surface area contributed by atoms with Gasteiger partial charge in [-0.2, -0.15) is 0 Å². The molecule has 1 aromatic heterocycles. The molecule has 1 fully saturated rings. The van der Waals surface area contributed by atoms with Gasteiger partial charge in [-0.1, -0.05) is 55.5 Å². The van der Waals surface area contributed by atoms with Crippen LogP contribution in [0.3, 0.4) is 0 Å². The predicted octanol–water partition coefficient (Wildman–Crippen LogP) is 6.22. The fourth-order valence-corrected chi connectivity index (χ4v) is 5.55. The van der Waals surface area contributed by atoms with E-state index in [1.54, 1.807) is 0 Å². The molecule has 0 bridgehead atoms. The molecular weight excluding hydrogens is 458 g/mol. The minimum Gasteiger partial charge on any atom is -0.493 e. The number of nitrogens with zero attached hydrogens (tertiary/aromatic N) is 3. The molecule has 1 aliphatic rings. The summed E-state index contributed by atoms with van der Waals surface area (Å²) in [5.41, 5.74) is 5.17. The molecule has 5 nitrogen and oxygen atoms in total. The van der Waals surface area contributed by atoms with Crippen LogP contribution in [0.4, 0.5) is 0 Å². The molecule has 0 atom stereocenters. The molecule has 1 amide bonds. The molecule has 2 heterocycles. The van der Waals surface area contributed by atoms with Crippen molar-refractivity contribution in [2.75, 3.05) is 26.7 Å². The number of benzene rings is 2. The van der Waals surface area contributed by atoms with Crippen LogP contribution in [-0.2, 0) is 24.4 Å². The number of carbonyl (C=O) groups excluding carboxylic acids is 1. The molecule has 4 rings (SSSR count). The molecule has 0 spiro atoms. The number of ether oxygens (including phenoxy) is 1. The Morgan fingerprint density at radius 1 is 1.00 bits per heavy atom. The maximum absolute atomic E-state index is 13.4. The molecule has 0 unspecified atom stereocenters. The van der Waals surface area contributed by atoms with Gasteiger partial charge in [0, 0.05) is 49.9 Å². The lowest BCUT2D eigenvalue weighted by molar-refractivity contribution is -0.134. The number of likely N-dealkylation sites (tertiary alicyclic amines) is 1. The smallest absolute Gasteiger partial charge is 0.223 e. The van der Waals surface area contributed by atoms with E-state index in [1.807, 2.05) is 60.5 Å². The van der Waals surface area contributed by atoms with Crippen LogP contribution in [-0.4, -0.2) is 47.0 Å². The molecule has 1 saturated heterocycles. The van der Waals surface area contributed by atoms with Crippen LogP contribution in [0.5, 0.6) is 5.75 Å². The fraction of sp³-hybridized carbons (Fsp3) is 0.469. The summed E-state index contributed by atoms with van der Waals surface area (Å²) in [6.45, 7) is 11.9. The highest BCUT2D eigenvalue weighted by Crippen LogP contribution is 2.37. The van der Waals surface area contributed by atoms with Gasteiger partial charge in [0.2, 0.25) is 5.91 Å². The Morgan fingerprint density at radius 2 is 1.65 bits per heavy atom. The van der Waals surface area contributed by atoms with Gasteiger partial charge < -0.3 is 14.2 Å². The van der Waals surface area contributed by atoms with Gasteiger partial charge in [-0.15, -0.1) is 0 Å². The van der Waals surface area contributed by atoms with Gasteiger partial charge in [0.1, 0.15) is 5.75 Å². The third-order valence-corrected chi connectivity index (χ3v) is 7.94. The van der Waals surface area contributed by atoms with Crippen molar-refractivity contribution < 1.29 is 9.53 Å². The number of para-hydroxylation sites is 1. The maximum Gasteiger partial charge on any atom is 0.223 e. The van der Waals surface area contributed by atoms with Crippen molar-refractivity contribution in [1.82, 2.24) is 14.4 Å². The van der Waals surface area contributed by atoms with E-state index in [0.717, 1.165) is 56.8 Å². The summed E-state index contributed by atoms with van der Waals surface area (Å²) in [7, 11) is 1.92. The van der Waals surface area contributed by atoms with Gasteiger partial charge in [-0.3, -0.25) is 9.69 Å². The van der Waals surface area contributed by atoms with E-state index in [4.69, 9.17) is 4.74 Å². The fourth-order valence-electron chi connectivity index (χ4n) is 5.55. The summed E-state index contributed by atoms with van der Waals surface area (Å²) in [5.74, 6) is 1.06. The highest BCUT2D eigenvalue weighted by molar-refractivity contribution is 5.76. The van der Waals surface area contributed by atoms with E-state index in [9.17, 15) is 4.79 Å². The van der Waals surface area contributed by atoms with Crippen LogP contribution in [0, 0.1) is 19.3 Å². The quantitative estimate of drug-likeness (QED) is 0.313. The molecule has 0 saturated carbocycles. The van der Waals surface area contributed by atoms with Crippen molar-refractivity contribution in [1.29, 1.82) is 0 Å². The molecule has 0 radical (unpaired) electrons. The van der Waals surface area contributed by atoms with Crippen molar-refractivity contribution in [3.63, 3.8) is 0 Å². The van der Waals surface area contributed by atoms with Crippen molar-refractivity contribution in [3.05, 3.63) is 89.2 Å². The second kappa shape index (κ2) is 12.5. The maximum atomic E-state index is 13.4. The van der Waals surface area contributed by atoms with Gasteiger partial charge >= 0.3 is 0 Å². The Bertz CT molecular complexity index is 1130. The minimum absolute atomic E-state index is 0.159. The Balaban J connectivity index is 1.42. The van der Waals surface area contributed by atoms with Gasteiger partial charge in [0.05, 0.1) is 6.61 Å². The SMILES string of the molecule is CCCn1c(C)cc(CN2CCC(COc3ccccc3)(CC(=O)N(C)Cc3ccccc3)CC2)c1C. The van der Waals surface area contributed by atoms with Crippen LogP contribution in [0.25, 0.3) is 0 Å². The van der Waals surface area contributed by atoms with E-state index < -0.39 is 0 Å². The molecule has 37 heavy (non-hydrogen) atoms. The van der Waals surface area contributed by atoms with E-state index in [0.29, 0.717) is 19.6 Å². The summed E-state index contributed by atoms with van der Waals surface area (Å²) in [6, 6.07) is 22.6. The predicted molar refractivity (Wildman–Crippen MR) is 151 cm³/mol. The zero-order valence-electron chi connectivity index (χ0n) is 23.1. The van der Waals surface area contributed by atoms with Crippen LogP contribution in [0.2, 0.25) is 0 Å². The number of aryl methyl sites for hydroxylation is 1. The number of hydrogen-bond donors (Lipinski definition) is 0. The summed E-state index contributed by atoms with van der Waals surface area (Å²) >= 11 is 0. The molecule has 1 aliphatic heterocycles. The first-order valence-corrected chi connectivity index (χ1v) is 13.7.